The van der Waals surface area contributed by atoms with Crippen molar-refractivity contribution in [2.45, 2.75) is 64.4 Å². The van der Waals surface area contributed by atoms with Crippen LogP contribution in [0.25, 0.3) is 0 Å². The van der Waals surface area contributed by atoms with Gasteiger partial charge in [0.15, 0.2) is 9.84 Å². The Hall–Kier alpha value is -1.36. The van der Waals surface area contributed by atoms with Gasteiger partial charge in [-0.1, -0.05) is 58.9 Å². The Kier molecular flexibility index (Phi) is 6.21. The van der Waals surface area contributed by atoms with Crippen LogP contribution in [-0.4, -0.2) is 37.6 Å². The highest BCUT2D eigenvalue weighted by molar-refractivity contribution is 7.92. The first-order valence-corrected chi connectivity index (χ1v) is 11.2. The van der Waals surface area contributed by atoms with Gasteiger partial charge in [-0.25, -0.2) is 8.42 Å². The molecule has 5 heteroatoms. The molecule has 146 valence electrons. The number of hydrogen-bond donors (Lipinski definition) is 0. The molecule has 0 N–H and O–H groups in total. The summed E-state index contributed by atoms with van der Waals surface area (Å²) in [6.07, 6.45) is 1.09. The van der Waals surface area contributed by atoms with Crippen LogP contribution in [0.4, 0.5) is 0 Å². The molecule has 1 aromatic carbocycles. The van der Waals surface area contributed by atoms with Crippen LogP contribution in [0.15, 0.2) is 24.3 Å². The molecular formula is C21H33NO3S. The summed E-state index contributed by atoms with van der Waals surface area (Å²) in [5, 5.41) is -0.998. The fourth-order valence-corrected chi connectivity index (χ4v) is 5.08. The number of benzene rings is 1. The van der Waals surface area contributed by atoms with E-state index in [0.29, 0.717) is 24.9 Å². The van der Waals surface area contributed by atoms with Crippen molar-refractivity contribution in [1.82, 2.24) is 4.90 Å². The van der Waals surface area contributed by atoms with Crippen LogP contribution in [-0.2, 0) is 25.8 Å². The first-order chi connectivity index (χ1) is 11.9. The molecule has 26 heavy (non-hydrogen) atoms. The Balaban J connectivity index is 2.10. The third-order valence-corrected chi connectivity index (χ3v) is 7.27. The van der Waals surface area contributed by atoms with Crippen molar-refractivity contribution in [1.29, 1.82) is 0 Å². The van der Waals surface area contributed by atoms with Crippen molar-refractivity contribution in [3.8, 4) is 0 Å². The van der Waals surface area contributed by atoms with E-state index in [0.717, 1.165) is 12.0 Å². The summed E-state index contributed by atoms with van der Waals surface area (Å²) in [5.41, 5.74) is 1.93. The number of likely N-dealkylation sites (tertiary alicyclic amines) is 1. The fraction of sp³-hybridized carbons (Fsp3) is 0.667. The molecule has 0 aromatic heterocycles. The maximum atomic E-state index is 12.8. The molecule has 0 radical (unpaired) electrons. The summed E-state index contributed by atoms with van der Waals surface area (Å²) in [6, 6.07) is 7.68. The van der Waals surface area contributed by atoms with Crippen molar-refractivity contribution in [2.24, 2.45) is 11.8 Å². The number of amides is 1. The number of rotatable bonds is 4. The standard InChI is InChI=1S/C21H33NO3S/c1-15-11-16(2)13-22(12-15)20(23)17(3)26(24,25)14-18-7-9-19(10-8-18)21(4,5)6/h7-10,15-17H,11-14H2,1-6H3/t15-,16-,17-/m1/s1. The van der Waals surface area contributed by atoms with Gasteiger partial charge in [0, 0.05) is 13.1 Å². The lowest BCUT2D eigenvalue weighted by Gasteiger charge is -2.36. The number of piperidine rings is 1. The monoisotopic (exact) mass is 379 g/mol. The lowest BCUT2D eigenvalue weighted by Crippen LogP contribution is -2.48. The van der Waals surface area contributed by atoms with E-state index in [9.17, 15) is 13.2 Å². The van der Waals surface area contributed by atoms with Crippen LogP contribution in [0.2, 0.25) is 0 Å². The lowest BCUT2D eigenvalue weighted by atomic mass is 9.87. The Morgan fingerprint density at radius 1 is 1.12 bits per heavy atom. The quantitative estimate of drug-likeness (QED) is 0.800. The Labute approximate surface area is 158 Å². The van der Waals surface area contributed by atoms with E-state index in [-0.39, 0.29) is 17.1 Å². The van der Waals surface area contributed by atoms with E-state index < -0.39 is 15.1 Å². The number of carbonyl (C=O) groups excluding carboxylic acids is 1. The van der Waals surface area contributed by atoms with E-state index in [1.54, 1.807) is 4.90 Å². The van der Waals surface area contributed by atoms with Gasteiger partial charge in [0.1, 0.15) is 5.25 Å². The molecule has 0 unspecified atom stereocenters. The molecule has 1 aliphatic heterocycles. The minimum atomic E-state index is -3.54. The molecule has 1 heterocycles. The molecule has 0 spiro atoms. The second kappa shape index (κ2) is 7.71. The molecule has 0 bridgehead atoms. The largest absolute Gasteiger partial charge is 0.341 e. The van der Waals surface area contributed by atoms with Gasteiger partial charge in [0.25, 0.3) is 0 Å². The highest BCUT2D eigenvalue weighted by atomic mass is 32.2. The molecule has 0 saturated carbocycles. The van der Waals surface area contributed by atoms with Crippen LogP contribution in [0, 0.1) is 11.8 Å². The lowest BCUT2D eigenvalue weighted by molar-refractivity contribution is -0.133. The van der Waals surface area contributed by atoms with E-state index in [1.807, 2.05) is 24.3 Å². The Bertz CT molecular complexity index is 722. The maximum Gasteiger partial charge on any atom is 0.240 e. The number of carbonyl (C=O) groups is 1. The molecule has 1 fully saturated rings. The van der Waals surface area contributed by atoms with E-state index in [4.69, 9.17) is 0 Å². The van der Waals surface area contributed by atoms with Crippen LogP contribution in [0.5, 0.6) is 0 Å². The summed E-state index contributed by atoms with van der Waals surface area (Å²) in [7, 11) is -3.54. The summed E-state index contributed by atoms with van der Waals surface area (Å²) < 4.78 is 25.6. The molecule has 2 rings (SSSR count). The molecule has 1 aromatic rings. The van der Waals surface area contributed by atoms with Crippen LogP contribution in [0.3, 0.4) is 0 Å². The molecular weight excluding hydrogens is 346 g/mol. The first-order valence-electron chi connectivity index (χ1n) is 9.50. The zero-order valence-electron chi connectivity index (χ0n) is 17.0. The minimum absolute atomic E-state index is 0.0301. The predicted octanol–water partition coefficient (Wildman–Crippen LogP) is 3.79. The van der Waals surface area contributed by atoms with Gasteiger partial charge in [-0.2, -0.15) is 0 Å². The first kappa shape index (κ1) is 20.9. The van der Waals surface area contributed by atoms with Crippen molar-refractivity contribution in [3.05, 3.63) is 35.4 Å². The average molecular weight is 380 g/mol. The third-order valence-electron chi connectivity index (χ3n) is 5.25. The highest BCUT2D eigenvalue weighted by Gasteiger charge is 2.34. The molecule has 1 aliphatic rings. The van der Waals surface area contributed by atoms with Crippen LogP contribution < -0.4 is 0 Å². The normalized spacial score (nSPS) is 22.9. The Morgan fingerprint density at radius 3 is 2.08 bits per heavy atom. The molecule has 4 nitrogen and oxygen atoms in total. The average Bonchev–Trinajstić information content (AvgIpc) is 2.51. The van der Waals surface area contributed by atoms with Crippen molar-refractivity contribution in [3.63, 3.8) is 0 Å². The summed E-state index contributed by atoms with van der Waals surface area (Å²) in [6.45, 7) is 13.5. The highest BCUT2D eigenvalue weighted by Crippen LogP contribution is 2.25. The molecule has 3 atom stereocenters. The second-order valence-electron chi connectivity index (χ2n) is 9.09. The third kappa shape index (κ3) is 5.09. The van der Waals surface area contributed by atoms with Crippen LogP contribution >= 0.6 is 0 Å². The fourth-order valence-electron chi connectivity index (χ4n) is 3.71. The SMILES string of the molecule is C[C@@H]1C[C@@H](C)CN(C(=O)[C@@H](C)S(=O)(=O)Cc2ccc(C(C)(C)C)cc2)C1. The minimum Gasteiger partial charge on any atom is -0.341 e. The van der Waals surface area contributed by atoms with E-state index in [2.05, 4.69) is 34.6 Å². The summed E-state index contributed by atoms with van der Waals surface area (Å²) >= 11 is 0. The van der Waals surface area contributed by atoms with Gasteiger partial charge in [-0.3, -0.25) is 4.79 Å². The summed E-state index contributed by atoms with van der Waals surface area (Å²) in [5.74, 6) is 0.489. The van der Waals surface area contributed by atoms with Gasteiger partial charge in [0.05, 0.1) is 5.75 Å². The summed E-state index contributed by atoms with van der Waals surface area (Å²) in [4.78, 5) is 14.5. The zero-order valence-corrected chi connectivity index (χ0v) is 17.8. The Morgan fingerprint density at radius 2 is 1.62 bits per heavy atom. The van der Waals surface area contributed by atoms with Crippen LogP contribution in [0.1, 0.15) is 59.1 Å². The van der Waals surface area contributed by atoms with Gasteiger partial charge >= 0.3 is 0 Å². The van der Waals surface area contributed by atoms with Crippen molar-refractivity contribution in [2.75, 3.05) is 13.1 Å². The smallest absolute Gasteiger partial charge is 0.240 e. The van der Waals surface area contributed by atoms with Crippen molar-refractivity contribution >= 4 is 15.7 Å². The maximum absolute atomic E-state index is 12.8. The van der Waals surface area contributed by atoms with E-state index >= 15 is 0 Å². The van der Waals surface area contributed by atoms with Gasteiger partial charge < -0.3 is 4.90 Å². The number of hydrogen-bond acceptors (Lipinski definition) is 3. The molecule has 1 saturated heterocycles. The van der Waals surface area contributed by atoms with Gasteiger partial charge in [-0.15, -0.1) is 0 Å². The van der Waals surface area contributed by atoms with Crippen molar-refractivity contribution < 1.29 is 13.2 Å². The van der Waals surface area contributed by atoms with E-state index in [1.165, 1.54) is 12.5 Å². The number of nitrogens with zero attached hydrogens (tertiary/aromatic N) is 1. The predicted molar refractivity (Wildman–Crippen MR) is 107 cm³/mol. The second-order valence-corrected chi connectivity index (χ2v) is 11.4. The molecule has 1 amide bonds. The topological polar surface area (TPSA) is 54.5 Å². The molecule has 0 aliphatic carbocycles. The van der Waals surface area contributed by atoms with Gasteiger partial charge in [0.2, 0.25) is 5.91 Å². The number of sulfone groups is 1. The zero-order chi connectivity index (χ0) is 19.7. The van der Waals surface area contributed by atoms with Gasteiger partial charge in [-0.05, 0) is 41.7 Å².